The number of ether oxygens (including phenoxy) is 1. The van der Waals surface area contributed by atoms with Crippen LogP contribution in [0, 0.1) is 0 Å². The summed E-state index contributed by atoms with van der Waals surface area (Å²) in [5.41, 5.74) is 0.300. The highest BCUT2D eigenvalue weighted by atomic mass is 16.6. The van der Waals surface area contributed by atoms with E-state index in [1.54, 1.807) is 4.90 Å². The lowest BCUT2D eigenvalue weighted by Crippen LogP contribution is -2.36. The van der Waals surface area contributed by atoms with Crippen molar-refractivity contribution in [3.05, 3.63) is 12.3 Å². The molecule has 1 saturated carbocycles. The molecule has 84 valence electrons. The zero-order chi connectivity index (χ0) is 11.1. The summed E-state index contributed by atoms with van der Waals surface area (Å²) in [6, 6.07) is 0.320. The molecule has 2 rings (SSSR count). The highest BCUT2D eigenvalue weighted by Gasteiger charge is 2.44. The minimum absolute atomic E-state index is 0.211. The molecule has 0 bridgehead atoms. The highest BCUT2D eigenvalue weighted by Crippen LogP contribution is 2.36. The number of amides is 1. The Hall–Kier alpha value is -0.990. The lowest BCUT2D eigenvalue weighted by molar-refractivity contribution is 0.0902. The van der Waals surface area contributed by atoms with Crippen molar-refractivity contribution in [3.8, 4) is 0 Å². The summed E-state index contributed by atoms with van der Waals surface area (Å²) in [5, 5.41) is 0. The Bertz CT molecular complexity index is 290. The first-order chi connectivity index (χ1) is 7.02. The van der Waals surface area contributed by atoms with Gasteiger partial charge in [0.15, 0.2) is 0 Å². The van der Waals surface area contributed by atoms with Crippen molar-refractivity contribution >= 4 is 6.09 Å². The van der Waals surface area contributed by atoms with E-state index < -0.39 is 5.60 Å². The molecular weight excluding hydrogens is 190 g/mol. The molecule has 3 nitrogen and oxygen atoms in total. The van der Waals surface area contributed by atoms with Crippen LogP contribution in [0.3, 0.4) is 0 Å². The van der Waals surface area contributed by atoms with Gasteiger partial charge in [-0.2, -0.15) is 0 Å². The maximum absolute atomic E-state index is 11.7. The van der Waals surface area contributed by atoms with E-state index in [0.29, 0.717) is 6.04 Å². The Morgan fingerprint density at radius 1 is 1.33 bits per heavy atom. The second-order valence-electron chi connectivity index (χ2n) is 4.99. The van der Waals surface area contributed by atoms with Crippen molar-refractivity contribution in [2.24, 2.45) is 0 Å². The van der Waals surface area contributed by atoms with Crippen molar-refractivity contribution < 1.29 is 9.53 Å². The normalized spacial score (nSPS) is 26.9. The third-order valence-electron chi connectivity index (χ3n) is 3.46. The molecule has 0 spiro atoms. The average molecular weight is 209 g/mol. The summed E-state index contributed by atoms with van der Waals surface area (Å²) in [7, 11) is 0. The minimum atomic E-state index is -0.519. The maximum atomic E-state index is 11.7. The molecule has 0 unspecified atom stereocenters. The van der Waals surface area contributed by atoms with Gasteiger partial charge in [-0.25, -0.2) is 4.79 Å². The van der Waals surface area contributed by atoms with Gasteiger partial charge >= 0.3 is 6.09 Å². The highest BCUT2D eigenvalue weighted by molar-refractivity contribution is 5.75. The predicted molar refractivity (Wildman–Crippen MR) is 58.4 cm³/mol. The third-order valence-corrected chi connectivity index (χ3v) is 3.46. The second kappa shape index (κ2) is 3.54. The van der Waals surface area contributed by atoms with Crippen LogP contribution in [0.1, 0.15) is 46.0 Å². The van der Waals surface area contributed by atoms with E-state index in [4.69, 9.17) is 4.74 Å². The lowest BCUT2D eigenvalue weighted by atomic mass is 9.93. The molecule has 0 aromatic heterocycles. The zero-order valence-electron chi connectivity index (χ0n) is 9.58. The molecule has 0 atom stereocenters. The van der Waals surface area contributed by atoms with E-state index in [-0.39, 0.29) is 6.09 Å². The molecule has 2 aliphatic rings. The first-order valence-electron chi connectivity index (χ1n) is 5.74. The molecule has 15 heavy (non-hydrogen) atoms. The fourth-order valence-corrected chi connectivity index (χ4v) is 2.44. The number of hydrogen-bond acceptors (Lipinski definition) is 2. The minimum Gasteiger partial charge on any atom is -0.437 e. The standard InChI is InChI=1S/C12H19NO2/c1-9-12(2,3)15-11(14)13(9)10-7-5-4-6-8-10/h10H,1,4-8H2,2-3H3. The molecule has 1 aliphatic heterocycles. The predicted octanol–water partition coefficient (Wildman–Crippen LogP) is 3.06. The molecular formula is C12H19NO2. The quantitative estimate of drug-likeness (QED) is 0.664. The molecule has 0 aromatic rings. The van der Waals surface area contributed by atoms with Crippen LogP contribution in [0.15, 0.2) is 12.3 Å². The number of nitrogens with zero attached hydrogens (tertiary/aromatic N) is 1. The van der Waals surface area contributed by atoms with Crippen LogP contribution in [-0.4, -0.2) is 22.6 Å². The first-order valence-corrected chi connectivity index (χ1v) is 5.74. The van der Waals surface area contributed by atoms with Crippen molar-refractivity contribution in [1.82, 2.24) is 4.90 Å². The molecule has 0 N–H and O–H groups in total. The van der Waals surface area contributed by atoms with Gasteiger partial charge in [-0.3, -0.25) is 4.90 Å². The number of hydrogen-bond donors (Lipinski definition) is 0. The van der Waals surface area contributed by atoms with E-state index in [1.165, 1.54) is 19.3 Å². The number of carbonyl (C=O) groups is 1. The van der Waals surface area contributed by atoms with E-state index in [0.717, 1.165) is 18.5 Å². The van der Waals surface area contributed by atoms with Gasteiger partial charge in [0.25, 0.3) is 0 Å². The number of cyclic esters (lactones) is 1. The average Bonchev–Trinajstić information content (AvgIpc) is 2.38. The number of rotatable bonds is 1. The summed E-state index contributed by atoms with van der Waals surface area (Å²) in [4.78, 5) is 13.5. The third kappa shape index (κ3) is 1.75. The Kier molecular flexibility index (Phi) is 2.49. The van der Waals surface area contributed by atoms with Gasteiger partial charge in [-0.1, -0.05) is 25.8 Å². The van der Waals surface area contributed by atoms with Gasteiger partial charge in [0.2, 0.25) is 0 Å². The Balaban J connectivity index is 2.14. The van der Waals surface area contributed by atoms with Gasteiger partial charge in [0, 0.05) is 6.04 Å². The van der Waals surface area contributed by atoms with Gasteiger partial charge in [-0.15, -0.1) is 0 Å². The number of carbonyl (C=O) groups excluding carboxylic acids is 1. The van der Waals surface area contributed by atoms with Gasteiger partial charge < -0.3 is 4.74 Å². The summed E-state index contributed by atoms with van der Waals surface area (Å²) in [5.74, 6) is 0. The van der Waals surface area contributed by atoms with Crippen LogP contribution in [0.2, 0.25) is 0 Å². The lowest BCUT2D eigenvalue weighted by Gasteiger charge is -2.30. The smallest absolute Gasteiger partial charge is 0.415 e. The van der Waals surface area contributed by atoms with E-state index in [9.17, 15) is 4.79 Å². The molecule has 2 fully saturated rings. The van der Waals surface area contributed by atoms with Crippen LogP contribution >= 0.6 is 0 Å². The Labute approximate surface area is 91.1 Å². The zero-order valence-corrected chi connectivity index (χ0v) is 9.58. The largest absolute Gasteiger partial charge is 0.437 e. The molecule has 0 radical (unpaired) electrons. The Morgan fingerprint density at radius 2 is 1.93 bits per heavy atom. The summed E-state index contributed by atoms with van der Waals surface area (Å²) < 4.78 is 5.31. The van der Waals surface area contributed by atoms with Crippen LogP contribution in [0.5, 0.6) is 0 Å². The van der Waals surface area contributed by atoms with Crippen molar-refractivity contribution in [3.63, 3.8) is 0 Å². The molecule has 0 aromatic carbocycles. The van der Waals surface area contributed by atoms with Crippen molar-refractivity contribution in [2.75, 3.05) is 0 Å². The van der Waals surface area contributed by atoms with E-state index in [2.05, 4.69) is 6.58 Å². The molecule has 1 saturated heterocycles. The summed E-state index contributed by atoms with van der Waals surface area (Å²) >= 11 is 0. The fraction of sp³-hybridized carbons (Fsp3) is 0.750. The van der Waals surface area contributed by atoms with Crippen LogP contribution in [0.4, 0.5) is 4.79 Å². The van der Waals surface area contributed by atoms with Gasteiger partial charge in [-0.05, 0) is 26.7 Å². The van der Waals surface area contributed by atoms with Gasteiger partial charge in [0.1, 0.15) is 5.60 Å². The summed E-state index contributed by atoms with van der Waals surface area (Å²) in [6.07, 6.45) is 5.67. The van der Waals surface area contributed by atoms with Crippen molar-refractivity contribution in [1.29, 1.82) is 0 Å². The monoisotopic (exact) mass is 209 g/mol. The van der Waals surface area contributed by atoms with Crippen LogP contribution in [-0.2, 0) is 4.74 Å². The second-order valence-corrected chi connectivity index (χ2v) is 4.99. The molecule has 1 heterocycles. The van der Waals surface area contributed by atoms with E-state index >= 15 is 0 Å². The van der Waals surface area contributed by atoms with Crippen LogP contribution < -0.4 is 0 Å². The first kappa shape index (κ1) is 10.5. The topological polar surface area (TPSA) is 29.5 Å². The Morgan fingerprint density at radius 3 is 2.40 bits per heavy atom. The van der Waals surface area contributed by atoms with Gasteiger partial charge in [0.05, 0.1) is 5.70 Å². The maximum Gasteiger partial charge on any atom is 0.415 e. The fourth-order valence-electron chi connectivity index (χ4n) is 2.44. The molecule has 1 amide bonds. The van der Waals surface area contributed by atoms with Crippen LogP contribution in [0.25, 0.3) is 0 Å². The summed E-state index contributed by atoms with van der Waals surface area (Å²) in [6.45, 7) is 7.79. The van der Waals surface area contributed by atoms with Crippen molar-refractivity contribution in [2.45, 2.75) is 57.6 Å². The SMILES string of the molecule is C=C1N(C2CCCCC2)C(=O)OC1(C)C. The molecule has 3 heteroatoms. The van der Waals surface area contributed by atoms with E-state index in [1.807, 2.05) is 13.8 Å². The molecule has 1 aliphatic carbocycles.